The molecule has 0 bridgehead atoms. The maximum Gasteiger partial charge on any atom is 0.263 e. The second kappa shape index (κ2) is 7.50. The van der Waals surface area contributed by atoms with Gasteiger partial charge in [0.15, 0.2) is 5.82 Å². The molecule has 3 aromatic rings. The molecule has 4 rings (SSSR count). The number of piperazine rings is 1. The highest BCUT2D eigenvalue weighted by atomic mass is 16.2. The molecule has 1 amide bonds. The van der Waals surface area contributed by atoms with E-state index in [9.17, 15) is 9.59 Å². The van der Waals surface area contributed by atoms with E-state index in [0.29, 0.717) is 32.0 Å². The van der Waals surface area contributed by atoms with Crippen LogP contribution in [0.1, 0.15) is 21.7 Å². The molecule has 150 valence electrons. The molecular formula is C20H23N7O2. The van der Waals surface area contributed by atoms with Gasteiger partial charge in [0.25, 0.3) is 11.5 Å². The van der Waals surface area contributed by atoms with Crippen LogP contribution in [-0.4, -0.2) is 61.3 Å². The topological polar surface area (TPSA) is 89.1 Å². The first-order valence-corrected chi connectivity index (χ1v) is 9.49. The summed E-state index contributed by atoms with van der Waals surface area (Å²) in [6, 6.07) is 7.21. The number of aryl methyl sites for hydroxylation is 3. The third-order valence-electron chi connectivity index (χ3n) is 5.11. The Bertz CT molecular complexity index is 1110. The Kier molecular flexibility index (Phi) is 4.87. The summed E-state index contributed by atoms with van der Waals surface area (Å²) in [5.41, 5.74) is 1.87. The molecule has 3 aromatic heterocycles. The van der Waals surface area contributed by atoms with Gasteiger partial charge in [0, 0.05) is 51.2 Å². The molecule has 0 N–H and O–H groups in total. The first kappa shape index (κ1) is 18.9. The van der Waals surface area contributed by atoms with Crippen molar-refractivity contribution in [3.05, 3.63) is 64.1 Å². The maximum atomic E-state index is 12.8. The molecule has 9 heteroatoms. The van der Waals surface area contributed by atoms with E-state index in [0.717, 1.165) is 17.2 Å². The van der Waals surface area contributed by atoms with Crippen LogP contribution < -0.4 is 10.5 Å². The van der Waals surface area contributed by atoms with Crippen LogP contribution in [0.3, 0.4) is 0 Å². The van der Waals surface area contributed by atoms with E-state index in [1.54, 1.807) is 35.0 Å². The van der Waals surface area contributed by atoms with Crippen LogP contribution in [0.15, 0.2) is 41.6 Å². The van der Waals surface area contributed by atoms with Crippen LogP contribution in [0, 0.1) is 13.8 Å². The zero-order chi connectivity index (χ0) is 20.5. The molecule has 1 fully saturated rings. The molecule has 0 saturated carbocycles. The minimum absolute atomic E-state index is 0.206. The Morgan fingerprint density at radius 2 is 1.76 bits per heavy atom. The second-order valence-electron chi connectivity index (χ2n) is 7.19. The molecule has 0 spiro atoms. The lowest BCUT2D eigenvalue weighted by Gasteiger charge is -2.35. The van der Waals surface area contributed by atoms with Gasteiger partial charge in [0.05, 0.1) is 5.69 Å². The van der Waals surface area contributed by atoms with Crippen molar-refractivity contribution < 1.29 is 4.79 Å². The fourth-order valence-electron chi connectivity index (χ4n) is 3.56. The number of nitrogens with zero attached hydrogens (tertiary/aromatic N) is 7. The van der Waals surface area contributed by atoms with E-state index in [4.69, 9.17) is 0 Å². The van der Waals surface area contributed by atoms with E-state index < -0.39 is 0 Å². The number of carbonyl (C=O) groups is 1. The largest absolute Gasteiger partial charge is 0.353 e. The number of anilines is 1. The van der Waals surface area contributed by atoms with Gasteiger partial charge in [-0.15, -0.1) is 0 Å². The minimum Gasteiger partial charge on any atom is -0.353 e. The summed E-state index contributed by atoms with van der Waals surface area (Å²) in [5.74, 6) is 1.29. The number of carbonyl (C=O) groups excluding carboxylic acids is 1. The number of hydrogen-bond donors (Lipinski definition) is 0. The monoisotopic (exact) mass is 393 g/mol. The van der Waals surface area contributed by atoms with Crippen molar-refractivity contribution in [3.63, 3.8) is 0 Å². The highest BCUT2D eigenvalue weighted by molar-refractivity contribution is 5.94. The van der Waals surface area contributed by atoms with Crippen molar-refractivity contribution in [2.45, 2.75) is 13.8 Å². The van der Waals surface area contributed by atoms with Gasteiger partial charge >= 0.3 is 0 Å². The predicted octanol–water partition coefficient (Wildman–Crippen LogP) is 0.940. The van der Waals surface area contributed by atoms with Crippen molar-refractivity contribution in [1.29, 1.82) is 0 Å². The molecule has 4 heterocycles. The number of aromatic nitrogens is 5. The van der Waals surface area contributed by atoms with Gasteiger partial charge < -0.3 is 14.4 Å². The van der Waals surface area contributed by atoms with Gasteiger partial charge in [-0.3, -0.25) is 9.59 Å². The molecule has 0 atom stereocenters. The van der Waals surface area contributed by atoms with Crippen molar-refractivity contribution in [2.24, 2.45) is 7.05 Å². The molecule has 0 unspecified atom stereocenters. The lowest BCUT2D eigenvalue weighted by Crippen LogP contribution is -2.50. The summed E-state index contributed by atoms with van der Waals surface area (Å²) in [4.78, 5) is 37.5. The standard InChI is InChI=1S/C20H23N7O2/c1-14-11-15(2)27(23-14)18-12-17(21-13-22-18)25-7-9-26(10-8-25)20(29)16-5-4-6-24(3)19(16)28/h4-6,11-13H,7-10H2,1-3H3. The van der Waals surface area contributed by atoms with Crippen molar-refractivity contribution in [3.8, 4) is 5.82 Å². The number of pyridine rings is 1. The normalized spacial score (nSPS) is 14.3. The van der Waals surface area contributed by atoms with Crippen LogP contribution in [0.4, 0.5) is 5.82 Å². The molecule has 1 saturated heterocycles. The smallest absolute Gasteiger partial charge is 0.263 e. The summed E-state index contributed by atoms with van der Waals surface area (Å²) in [5, 5.41) is 4.47. The van der Waals surface area contributed by atoms with Gasteiger partial charge in [-0.25, -0.2) is 14.6 Å². The van der Waals surface area contributed by atoms with Gasteiger partial charge in [0.1, 0.15) is 17.7 Å². The van der Waals surface area contributed by atoms with E-state index >= 15 is 0 Å². The number of amides is 1. The van der Waals surface area contributed by atoms with Crippen LogP contribution in [0.5, 0.6) is 0 Å². The quantitative estimate of drug-likeness (QED) is 0.658. The molecule has 0 aliphatic carbocycles. The van der Waals surface area contributed by atoms with E-state index in [1.807, 2.05) is 26.0 Å². The Hall–Kier alpha value is -3.49. The van der Waals surface area contributed by atoms with Crippen LogP contribution in [0.25, 0.3) is 5.82 Å². The van der Waals surface area contributed by atoms with Crippen LogP contribution in [0.2, 0.25) is 0 Å². The van der Waals surface area contributed by atoms with Crippen molar-refractivity contribution >= 4 is 11.7 Å². The highest BCUT2D eigenvalue weighted by Gasteiger charge is 2.25. The molecule has 1 aliphatic rings. The average Bonchev–Trinajstić information content (AvgIpc) is 3.08. The summed E-state index contributed by atoms with van der Waals surface area (Å²) >= 11 is 0. The Balaban J connectivity index is 1.48. The summed E-state index contributed by atoms with van der Waals surface area (Å²) in [7, 11) is 1.65. The SMILES string of the molecule is Cc1cc(C)n(-c2cc(N3CCN(C(=O)c4cccn(C)c4=O)CC3)ncn2)n1. The highest BCUT2D eigenvalue weighted by Crippen LogP contribution is 2.18. The molecule has 1 aliphatic heterocycles. The Morgan fingerprint density at radius 3 is 2.45 bits per heavy atom. The molecule has 29 heavy (non-hydrogen) atoms. The zero-order valence-corrected chi connectivity index (χ0v) is 16.7. The summed E-state index contributed by atoms with van der Waals surface area (Å²) in [6.07, 6.45) is 3.18. The lowest BCUT2D eigenvalue weighted by atomic mass is 10.2. The van der Waals surface area contributed by atoms with Gasteiger partial charge in [-0.05, 0) is 32.0 Å². The van der Waals surface area contributed by atoms with Gasteiger partial charge in [0.2, 0.25) is 0 Å². The molecular weight excluding hydrogens is 370 g/mol. The van der Waals surface area contributed by atoms with E-state index in [1.165, 1.54) is 10.9 Å². The zero-order valence-electron chi connectivity index (χ0n) is 16.7. The lowest BCUT2D eigenvalue weighted by molar-refractivity contribution is 0.0744. The minimum atomic E-state index is -0.273. The van der Waals surface area contributed by atoms with E-state index in [2.05, 4.69) is 20.0 Å². The van der Waals surface area contributed by atoms with Crippen molar-refractivity contribution in [2.75, 3.05) is 31.1 Å². The predicted molar refractivity (Wildman–Crippen MR) is 108 cm³/mol. The molecule has 0 radical (unpaired) electrons. The van der Waals surface area contributed by atoms with Crippen molar-refractivity contribution in [1.82, 2.24) is 29.2 Å². The van der Waals surface area contributed by atoms with Crippen LogP contribution in [-0.2, 0) is 7.05 Å². The van der Waals surface area contributed by atoms with Gasteiger partial charge in [-0.1, -0.05) is 0 Å². The Labute approximate surface area is 168 Å². The fraction of sp³-hybridized carbons (Fsp3) is 0.350. The molecule has 0 aromatic carbocycles. The maximum absolute atomic E-state index is 12.8. The van der Waals surface area contributed by atoms with Gasteiger partial charge in [-0.2, -0.15) is 5.10 Å². The number of rotatable bonds is 3. The van der Waals surface area contributed by atoms with E-state index in [-0.39, 0.29) is 17.0 Å². The second-order valence-corrected chi connectivity index (χ2v) is 7.19. The molecule has 9 nitrogen and oxygen atoms in total. The fourth-order valence-corrected chi connectivity index (χ4v) is 3.56. The third kappa shape index (κ3) is 3.63. The number of hydrogen-bond acceptors (Lipinski definition) is 6. The first-order valence-electron chi connectivity index (χ1n) is 9.49. The first-order chi connectivity index (χ1) is 13.9. The average molecular weight is 393 g/mol. The van der Waals surface area contributed by atoms with Crippen LogP contribution >= 0.6 is 0 Å². The summed E-state index contributed by atoms with van der Waals surface area (Å²) in [6.45, 7) is 6.24. The summed E-state index contributed by atoms with van der Waals surface area (Å²) < 4.78 is 3.22. The third-order valence-corrected chi connectivity index (χ3v) is 5.11. The Morgan fingerprint density at radius 1 is 1.03 bits per heavy atom.